The van der Waals surface area contributed by atoms with Gasteiger partial charge in [0.25, 0.3) is 5.91 Å². The zero-order valence-electron chi connectivity index (χ0n) is 7.67. The molecule has 0 aliphatic heterocycles. The Bertz CT molecular complexity index is 393. The molecular weight excluding hydrogens is 183 g/mol. The van der Waals surface area contributed by atoms with Crippen molar-refractivity contribution in [2.24, 2.45) is 0 Å². The number of pyridine rings is 1. The predicted molar refractivity (Wildman–Crippen MR) is 50.0 cm³/mol. The third-order valence-electron chi connectivity index (χ3n) is 1.52. The van der Waals surface area contributed by atoms with Gasteiger partial charge in [-0.3, -0.25) is 4.79 Å². The van der Waals surface area contributed by atoms with Gasteiger partial charge in [-0.2, -0.15) is 4.39 Å². The summed E-state index contributed by atoms with van der Waals surface area (Å²) in [7, 11) is 0. The fraction of sp³-hybridized carbons (Fsp3) is 0.200. The Morgan fingerprint density at radius 3 is 3.14 bits per heavy atom. The zero-order chi connectivity index (χ0) is 10.4. The highest BCUT2D eigenvalue weighted by Crippen LogP contribution is 2.01. The van der Waals surface area contributed by atoms with E-state index in [1.165, 1.54) is 18.3 Å². The third-order valence-corrected chi connectivity index (χ3v) is 1.52. The van der Waals surface area contributed by atoms with Crippen molar-refractivity contribution in [3.8, 4) is 11.8 Å². The minimum Gasteiger partial charge on any atom is -0.341 e. The maximum Gasteiger partial charge on any atom is 0.256 e. The number of amides is 1. The molecule has 1 heterocycles. The van der Waals surface area contributed by atoms with Gasteiger partial charge >= 0.3 is 0 Å². The molecule has 3 nitrogen and oxygen atoms in total. The minimum absolute atomic E-state index is 0.0644. The first kappa shape index (κ1) is 10.2. The van der Waals surface area contributed by atoms with Crippen molar-refractivity contribution in [2.75, 3.05) is 6.54 Å². The SMILES string of the molecule is CC#CCNC(=O)c1cccnc1F. The van der Waals surface area contributed by atoms with Gasteiger partial charge in [0.05, 0.1) is 12.1 Å². The van der Waals surface area contributed by atoms with E-state index in [1.807, 2.05) is 0 Å². The summed E-state index contributed by atoms with van der Waals surface area (Å²) >= 11 is 0. The average Bonchev–Trinajstić information content (AvgIpc) is 2.18. The molecule has 72 valence electrons. The molecule has 0 saturated carbocycles. The van der Waals surface area contributed by atoms with Crippen molar-refractivity contribution in [3.05, 3.63) is 29.8 Å². The highest BCUT2D eigenvalue weighted by molar-refractivity contribution is 5.94. The van der Waals surface area contributed by atoms with Crippen LogP contribution < -0.4 is 5.32 Å². The summed E-state index contributed by atoms with van der Waals surface area (Å²) < 4.78 is 12.9. The largest absolute Gasteiger partial charge is 0.341 e. The highest BCUT2D eigenvalue weighted by Gasteiger charge is 2.09. The Labute approximate surface area is 81.4 Å². The minimum atomic E-state index is -0.769. The Morgan fingerprint density at radius 2 is 2.50 bits per heavy atom. The molecule has 0 spiro atoms. The number of hydrogen-bond donors (Lipinski definition) is 1. The maximum absolute atomic E-state index is 12.9. The van der Waals surface area contributed by atoms with Crippen LogP contribution in [0.25, 0.3) is 0 Å². The van der Waals surface area contributed by atoms with E-state index in [9.17, 15) is 9.18 Å². The van der Waals surface area contributed by atoms with Gasteiger partial charge in [0.15, 0.2) is 0 Å². The molecule has 1 aromatic rings. The summed E-state index contributed by atoms with van der Waals surface area (Å²) in [6.07, 6.45) is 1.29. The van der Waals surface area contributed by atoms with Gasteiger partial charge in [-0.15, -0.1) is 5.92 Å². The molecule has 0 aromatic carbocycles. The lowest BCUT2D eigenvalue weighted by molar-refractivity contribution is 0.0954. The second-order valence-electron chi connectivity index (χ2n) is 2.45. The van der Waals surface area contributed by atoms with E-state index < -0.39 is 11.9 Å². The predicted octanol–water partition coefficient (Wildman–Crippen LogP) is 0.974. The molecule has 14 heavy (non-hydrogen) atoms. The smallest absolute Gasteiger partial charge is 0.256 e. The van der Waals surface area contributed by atoms with Crippen molar-refractivity contribution in [1.29, 1.82) is 0 Å². The number of nitrogens with one attached hydrogen (secondary N) is 1. The summed E-state index contributed by atoms with van der Waals surface area (Å²) in [5.74, 6) is 3.99. The zero-order valence-corrected chi connectivity index (χ0v) is 7.67. The van der Waals surface area contributed by atoms with Crippen molar-refractivity contribution >= 4 is 5.91 Å². The van der Waals surface area contributed by atoms with Crippen LogP contribution >= 0.6 is 0 Å². The number of rotatable bonds is 2. The molecule has 0 atom stereocenters. The molecule has 0 fully saturated rings. The number of carbonyl (C=O) groups is 1. The standard InChI is InChI=1S/C10H9FN2O/c1-2-3-6-13-10(14)8-5-4-7-12-9(8)11/h4-5,7H,6H2,1H3,(H,13,14). The van der Waals surface area contributed by atoms with Crippen LogP contribution in [0.3, 0.4) is 0 Å². The fourth-order valence-electron chi connectivity index (χ4n) is 0.863. The van der Waals surface area contributed by atoms with Crippen LogP contribution in [0, 0.1) is 17.8 Å². The topological polar surface area (TPSA) is 42.0 Å². The van der Waals surface area contributed by atoms with Crippen LogP contribution in [-0.2, 0) is 0 Å². The number of hydrogen-bond acceptors (Lipinski definition) is 2. The molecule has 0 bridgehead atoms. The lowest BCUT2D eigenvalue weighted by Crippen LogP contribution is -2.24. The third kappa shape index (κ3) is 2.56. The molecule has 1 rings (SSSR count). The molecule has 1 N–H and O–H groups in total. The van der Waals surface area contributed by atoms with E-state index in [4.69, 9.17) is 0 Å². The molecule has 0 unspecified atom stereocenters. The van der Waals surface area contributed by atoms with Gasteiger partial charge < -0.3 is 5.32 Å². The van der Waals surface area contributed by atoms with Crippen LogP contribution in [0.4, 0.5) is 4.39 Å². The van der Waals surface area contributed by atoms with Gasteiger partial charge in [0.2, 0.25) is 5.95 Å². The first-order valence-corrected chi connectivity index (χ1v) is 4.04. The Morgan fingerprint density at radius 1 is 1.71 bits per heavy atom. The van der Waals surface area contributed by atoms with Crippen LogP contribution in [0.2, 0.25) is 0 Å². The Kier molecular flexibility index (Phi) is 3.62. The number of aromatic nitrogens is 1. The molecule has 1 aromatic heterocycles. The summed E-state index contributed by atoms with van der Waals surface area (Å²) in [5, 5.41) is 2.45. The summed E-state index contributed by atoms with van der Waals surface area (Å²) in [5.41, 5.74) is -0.0644. The van der Waals surface area contributed by atoms with Gasteiger partial charge in [0.1, 0.15) is 0 Å². The maximum atomic E-state index is 12.9. The lowest BCUT2D eigenvalue weighted by atomic mass is 10.2. The first-order valence-electron chi connectivity index (χ1n) is 4.04. The van der Waals surface area contributed by atoms with E-state index in [1.54, 1.807) is 6.92 Å². The van der Waals surface area contributed by atoms with E-state index in [0.29, 0.717) is 0 Å². The second-order valence-corrected chi connectivity index (χ2v) is 2.45. The quantitative estimate of drug-likeness (QED) is 0.560. The summed E-state index contributed by atoms with van der Waals surface area (Å²) in [6.45, 7) is 1.88. The van der Waals surface area contributed by atoms with E-state index in [0.717, 1.165) is 0 Å². The molecule has 1 amide bonds. The Balaban J connectivity index is 2.68. The molecule has 4 heteroatoms. The van der Waals surface area contributed by atoms with Gasteiger partial charge in [-0.05, 0) is 19.1 Å². The first-order chi connectivity index (χ1) is 6.75. The molecular formula is C10H9FN2O. The van der Waals surface area contributed by atoms with E-state index >= 15 is 0 Å². The number of nitrogens with zero attached hydrogens (tertiary/aromatic N) is 1. The van der Waals surface area contributed by atoms with Crippen molar-refractivity contribution in [3.63, 3.8) is 0 Å². The molecule has 0 radical (unpaired) electrons. The molecule has 0 aliphatic rings. The Hall–Kier alpha value is -1.89. The van der Waals surface area contributed by atoms with Gasteiger partial charge in [0, 0.05) is 6.20 Å². The van der Waals surface area contributed by atoms with Crippen LogP contribution in [0.15, 0.2) is 18.3 Å². The molecule has 0 aliphatic carbocycles. The summed E-state index contributed by atoms with van der Waals surface area (Å²) in [6, 6.07) is 2.88. The van der Waals surface area contributed by atoms with Gasteiger partial charge in [-0.25, -0.2) is 4.98 Å². The monoisotopic (exact) mass is 192 g/mol. The normalized spacial score (nSPS) is 8.71. The van der Waals surface area contributed by atoms with Crippen LogP contribution in [0.1, 0.15) is 17.3 Å². The second kappa shape index (κ2) is 4.97. The number of halogens is 1. The molecule has 0 saturated heterocycles. The van der Waals surface area contributed by atoms with Crippen LogP contribution in [-0.4, -0.2) is 17.4 Å². The van der Waals surface area contributed by atoms with Crippen molar-refractivity contribution in [2.45, 2.75) is 6.92 Å². The van der Waals surface area contributed by atoms with Crippen LogP contribution in [0.5, 0.6) is 0 Å². The summed E-state index contributed by atoms with van der Waals surface area (Å²) in [4.78, 5) is 14.6. The number of carbonyl (C=O) groups excluding carboxylic acids is 1. The van der Waals surface area contributed by atoms with Gasteiger partial charge in [-0.1, -0.05) is 5.92 Å². The average molecular weight is 192 g/mol. The van der Waals surface area contributed by atoms with E-state index in [-0.39, 0.29) is 12.1 Å². The van der Waals surface area contributed by atoms with E-state index in [2.05, 4.69) is 22.1 Å². The van der Waals surface area contributed by atoms with Crippen molar-refractivity contribution in [1.82, 2.24) is 10.3 Å². The highest BCUT2D eigenvalue weighted by atomic mass is 19.1. The lowest BCUT2D eigenvalue weighted by Gasteiger charge is -2.00. The van der Waals surface area contributed by atoms with Crippen molar-refractivity contribution < 1.29 is 9.18 Å². The fourth-order valence-corrected chi connectivity index (χ4v) is 0.863.